The fourth-order valence-corrected chi connectivity index (χ4v) is 2.13. The van der Waals surface area contributed by atoms with Gasteiger partial charge in [0.05, 0.1) is 0 Å². The van der Waals surface area contributed by atoms with Gasteiger partial charge in [-0.1, -0.05) is 5.92 Å². The van der Waals surface area contributed by atoms with E-state index in [9.17, 15) is 5.26 Å². The smallest absolute Gasteiger partial charge is 0.203 e. The monoisotopic (exact) mass is 373 g/mol. The van der Waals surface area contributed by atoms with Crippen molar-refractivity contribution in [3.63, 3.8) is 0 Å². The molecular formula is C15H9NRb2. The van der Waals surface area contributed by atoms with Crippen LogP contribution in [0.2, 0.25) is 0 Å². The molecule has 0 fully saturated rings. The van der Waals surface area contributed by atoms with Crippen molar-refractivity contribution in [1.29, 1.82) is 5.26 Å². The molecule has 0 bridgehead atoms. The summed E-state index contributed by atoms with van der Waals surface area (Å²) >= 11 is 0. The average molecular weight is 374 g/mol. The van der Waals surface area contributed by atoms with Crippen LogP contribution in [0.3, 0.4) is 0 Å². The molecule has 0 saturated heterocycles. The molecule has 3 heteroatoms. The minimum Gasteiger partial charge on any atom is -0.203 e. The van der Waals surface area contributed by atoms with Gasteiger partial charge in [-0.15, -0.1) is 24.3 Å². The van der Waals surface area contributed by atoms with Crippen LogP contribution in [-0.4, -0.2) is 0 Å². The Morgan fingerprint density at radius 3 is 1.72 bits per heavy atom. The number of hydrogen-bond acceptors (Lipinski definition) is 1. The zero-order valence-corrected chi connectivity index (χ0v) is 20.5. The van der Waals surface area contributed by atoms with Crippen LogP contribution in [-0.2, 0) is 0 Å². The second kappa shape index (κ2) is 7.90. The molecule has 1 aliphatic carbocycles. The fourth-order valence-electron chi connectivity index (χ4n) is 2.13. The van der Waals surface area contributed by atoms with E-state index in [1.807, 2.05) is 48.5 Å². The molecule has 3 rings (SSSR count). The molecule has 0 amide bonds. The van der Waals surface area contributed by atoms with Gasteiger partial charge in [0.2, 0.25) is 0 Å². The van der Waals surface area contributed by atoms with Gasteiger partial charge >= 0.3 is 116 Å². The molecule has 0 aliphatic heterocycles. The summed E-state index contributed by atoms with van der Waals surface area (Å²) in [5, 5.41) is 9.28. The van der Waals surface area contributed by atoms with Crippen LogP contribution in [0.15, 0.2) is 48.5 Å². The predicted octanol–water partition coefficient (Wildman–Crippen LogP) is -2.90. The minimum atomic E-state index is 0. The SMILES string of the molecule is N#C[C-]1c2ccccc2[CH-]c2ccccc21.[Rb+].[Rb+]. The Morgan fingerprint density at radius 1 is 0.833 bits per heavy atom. The molecule has 1 aliphatic rings. The molecule has 0 aromatic heterocycles. The molecule has 0 heterocycles. The standard InChI is InChI=1S/C15H9N.2Rb/c16-10-15-13-7-3-1-5-11(13)9-12-6-2-4-8-14(12)15;;/h1-9H;;/q-2;2*+1. The summed E-state index contributed by atoms with van der Waals surface area (Å²) in [4.78, 5) is 0. The zero-order valence-electron chi connectivity index (χ0n) is 10.6. The largest absolute Gasteiger partial charge is 1.00 e. The van der Waals surface area contributed by atoms with Gasteiger partial charge in [-0.25, -0.2) is 5.26 Å². The quantitative estimate of drug-likeness (QED) is 0.454. The second-order valence-electron chi connectivity index (χ2n) is 3.81. The van der Waals surface area contributed by atoms with Gasteiger partial charge in [0.1, 0.15) is 0 Å². The number of rotatable bonds is 0. The number of nitriles is 1. The Balaban J connectivity index is 0.000000810. The number of hydrogen-bond donors (Lipinski definition) is 0. The second-order valence-corrected chi connectivity index (χ2v) is 3.81. The van der Waals surface area contributed by atoms with E-state index in [4.69, 9.17) is 0 Å². The van der Waals surface area contributed by atoms with E-state index in [2.05, 4.69) is 12.5 Å². The molecule has 0 saturated carbocycles. The average Bonchev–Trinajstić information content (AvgIpc) is 2.36. The van der Waals surface area contributed by atoms with E-state index in [1.165, 1.54) is 0 Å². The summed E-state index contributed by atoms with van der Waals surface area (Å²) in [6, 6.07) is 18.3. The number of benzene rings is 2. The van der Waals surface area contributed by atoms with E-state index in [-0.39, 0.29) is 116 Å². The third-order valence-corrected chi connectivity index (χ3v) is 2.88. The fraction of sp³-hybridized carbons (Fsp3) is 0. The van der Waals surface area contributed by atoms with Crippen LogP contribution in [0, 0.1) is 23.7 Å². The van der Waals surface area contributed by atoms with E-state index >= 15 is 0 Å². The topological polar surface area (TPSA) is 23.8 Å². The summed E-state index contributed by atoms with van der Waals surface area (Å²) in [7, 11) is 0. The molecule has 76 valence electrons. The molecule has 18 heavy (non-hydrogen) atoms. The Morgan fingerprint density at radius 2 is 1.28 bits per heavy atom. The van der Waals surface area contributed by atoms with Crippen molar-refractivity contribution >= 4 is 0 Å². The molecule has 0 unspecified atom stereocenters. The van der Waals surface area contributed by atoms with Crippen LogP contribution in [0.1, 0.15) is 22.3 Å². The predicted molar refractivity (Wildman–Crippen MR) is 62.4 cm³/mol. The maximum atomic E-state index is 9.28. The molecule has 0 radical (unpaired) electrons. The van der Waals surface area contributed by atoms with Crippen molar-refractivity contribution in [2.45, 2.75) is 0 Å². The first kappa shape index (κ1) is 17.3. The number of fused-ring (bicyclic) bond motifs is 2. The first-order valence-corrected chi connectivity index (χ1v) is 5.21. The van der Waals surface area contributed by atoms with E-state index in [0.29, 0.717) is 0 Å². The van der Waals surface area contributed by atoms with Crippen LogP contribution < -0.4 is 116 Å². The molecule has 1 nitrogen and oxygen atoms in total. The molecular weight excluding hydrogens is 365 g/mol. The minimum absolute atomic E-state index is 0. The summed E-state index contributed by atoms with van der Waals surface area (Å²) in [6.07, 6.45) is 2.13. The Labute approximate surface area is 206 Å². The van der Waals surface area contributed by atoms with Crippen molar-refractivity contribution in [2.75, 3.05) is 0 Å². The summed E-state index contributed by atoms with van der Waals surface area (Å²) in [6.45, 7) is 0. The number of nitrogens with zero attached hydrogens (tertiary/aromatic N) is 1. The zero-order chi connectivity index (χ0) is 11.0. The van der Waals surface area contributed by atoms with Crippen LogP contribution in [0.4, 0.5) is 0 Å². The molecule has 2 aromatic carbocycles. The maximum Gasteiger partial charge on any atom is 1.00 e. The van der Waals surface area contributed by atoms with Gasteiger partial charge in [0, 0.05) is 6.07 Å². The van der Waals surface area contributed by atoms with Gasteiger partial charge < -0.3 is 0 Å². The van der Waals surface area contributed by atoms with Gasteiger partial charge in [0.15, 0.2) is 0 Å². The third kappa shape index (κ3) is 3.30. The van der Waals surface area contributed by atoms with Gasteiger partial charge in [-0.05, 0) is 0 Å². The van der Waals surface area contributed by atoms with Crippen LogP contribution >= 0.6 is 0 Å². The molecule has 2 aromatic rings. The van der Waals surface area contributed by atoms with E-state index in [1.54, 1.807) is 0 Å². The van der Waals surface area contributed by atoms with Crippen LogP contribution in [0.5, 0.6) is 0 Å². The summed E-state index contributed by atoms with van der Waals surface area (Å²) in [5.41, 5.74) is 4.31. The van der Waals surface area contributed by atoms with Crippen molar-refractivity contribution in [2.24, 2.45) is 0 Å². The maximum absolute atomic E-state index is 9.28. The molecule has 0 spiro atoms. The van der Waals surface area contributed by atoms with Crippen molar-refractivity contribution in [3.8, 4) is 6.07 Å². The van der Waals surface area contributed by atoms with Crippen molar-refractivity contribution in [1.82, 2.24) is 0 Å². The molecule has 0 N–H and O–H groups in total. The van der Waals surface area contributed by atoms with E-state index < -0.39 is 0 Å². The molecule has 0 atom stereocenters. The van der Waals surface area contributed by atoms with Crippen molar-refractivity contribution in [3.05, 3.63) is 83.1 Å². The van der Waals surface area contributed by atoms with Gasteiger partial charge in [0.25, 0.3) is 0 Å². The van der Waals surface area contributed by atoms with Gasteiger partial charge in [-0.3, -0.25) is 0 Å². The van der Waals surface area contributed by atoms with Crippen LogP contribution in [0.25, 0.3) is 0 Å². The first-order chi connectivity index (χ1) is 7.90. The first-order valence-electron chi connectivity index (χ1n) is 5.21. The van der Waals surface area contributed by atoms with Crippen molar-refractivity contribution < 1.29 is 116 Å². The van der Waals surface area contributed by atoms with E-state index in [0.717, 1.165) is 28.2 Å². The normalized spacial score (nSPS) is 10.7. The Kier molecular flexibility index (Phi) is 7.61. The Bertz CT molecular complexity index is 542. The summed E-state index contributed by atoms with van der Waals surface area (Å²) in [5.74, 6) is 0.772. The van der Waals surface area contributed by atoms with Gasteiger partial charge in [-0.2, -0.15) is 52.9 Å². The third-order valence-electron chi connectivity index (χ3n) is 2.88. The Hall–Kier alpha value is 1.28. The summed E-state index contributed by atoms with van der Waals surface area (Å²) < 4.78 is 0.